The van der Waals surface area contributed by atoms with E-state index in [0.717, 1.165) is 33.9 Å². The van der Waals surface area contributed by atoms with E-state index < -0.39 is 0 Å². The van der Waals surface area contributed by atoms with E-state index in [2.05, 4.69) is 15.9 Å². The summed E-state index contributed by atoms with van der Waals surface area (Å²) in [6, 6.07) is 3.97. The van der Waals surface area contributed by atoms with Crippen molar-refractivity contribution in [3.05, 3.63) is 22.2 Å². The van der Waals surface area contributed by atoms with Crippen molar-refractivity contribution >= 4 is 15.9 Å². The molecule has 106 valence electrons. The van der Waals surface area contributed by atoms with Crippen LogP contribution in [0.3, 0.4) is 0 Å². The van der Waals surface area contributed by atoms with Crippen LogP contribution in [-0.4, -0.2) is 14.2 Å². The van der Waals surface area contributed by atoms with E-state index >= 15 is 0 Å². The van der Waals surface area contributed by atoms with Crippen molar-refractivity contribution in [2.75, 3.05) is 14.2 Å². The molecule has 0 aliphatic heterocycles. The summed E-state index contributed by atoms with van der Waals surface area (Å²) in [5.74, 6) is 2.24. The maximum Gasteiger partial charge on any atom is 0.161 e. The lowest BCUT2D eigenvalue weighted by molar-refractivity contribution is 0.353. The quantitative estimate of drug-likeness (QED) is 0.887. The fraction of sp³-hybridized carbons (Fsp3) is 0.600. The van der Waals surface area contributed by atoms with Crippen molar-refractivity contribution in [2.24, 2.45) is 11.7 Å². The maximum absolute atomic E-state index is 6.36. The second-order valence-corrected chi connectivity index (χ2v) is 6.08. The lowest BCUT2D eigenvalue weighted by Crippen LogP contribution is -2.15. The van der Waals surface area contributed by atoms with Crippen molar-refractivity contribution in [2.45, 2.75) is 38.1 Å². The molecule has 1 aromatic carbocycles. The van der Waals surface area contributed by atoms with Gasteiger partial charge in [0.1, 0.15) is 0 Å². The summed E-state index contributed by atoms with van der Waals surface area (Å²) in [5.41, 5.74) is 7.47. The molecule has 2 N–H and O–H groups in total. The third-order valence-corrected chi connectivity index (χ3v) is 4.65. The van der Waals surface area contributed by atoms with Gasteiger partial charge in [0.25, 0.3) is 0 Å². The lowest BCUT2D eigenvalue weighted by Gasteiger charge is -2.19. The molecule has 0 radical (unpaired) electrons. The zero-order chi connectivity index (χ0) is 13.8. The second kappa shape index (κ2) is 6.62. The Morgan fingerprint density at radius 2 is 1.79 bits per heavy atom. The topological polar surface area (TPSA) is 44.5 Å². The van der Waals surface area contributed by atoms with Gasteiger partial charge in [-0.05, 0) is 30.0 Å². The van der Waals surface area contributed by atoms with Crippen LogP contribution in [0.1, 0.15) is 43.7 Å². The molecule has 19 heavy (non-hydrogen) atoms. The third-order valence-electron chi connectivity index (χ3n) is 3.96. The molecule has 0 saturated heterocycles. The largest absolute Gasteiger partial charge is 0.493 e. The maximum atomic E-state index is 6.36. The highest BCUT2D eigenvalue weighted by Gasteiger charge is 2.21. The van der Waals surface area contributed by atoms with E-state index in [1.165, 1.54) is 25.7 Å². The molecule has 1 aliphatic carbocycles. The Bertz CT molecular complexity index is 430. The lowest BCUT2D eigenvalue weighted by atomic mass is 9.94. The van der Waals surface area contributed by atoms with Crippen LogP contribution in [0.15, 0.2) is 16.6 Å². The average molecular weight is 328 g/mol. The number of hydrogen-bond acceptors (Lipinski definition) is 3. The third kappa shape index (κ3) is 3.42. The predicted molar refractivity (Wildman–Crippen MR) is 80.7 cm³/mol. The van der Waals surface area contributed by atoms with Gasteiger partial charge in [0.15, 0.2) is 11.5 Å². The number of methoxy groups -OCH3 is 2. The highest BCUT2D eigenvalue weighted by Crippen LogP contribution is 2.39. The van der Waals surface area contributed by atoms with Gasteiger partial charge in [-0.1, -0.05) is 41.6 Å². The minimum atomic E-state index is 0.0530. The highest BCUT2D eigenvalue weighted by molar-refractivity contribution is 9.10. The van der Waals surface area contributed by atoms with Crippen LogP contribution in [0, 0.1) is 5.92 Å². The molecule has 1 atom stereocenters. The zero-order valence-corrected chi connectivity index (χ0v) is 13.2. The first-order valence-electron chi connectivity index (χ1n) is 6.82. The van der Waals surface area contributed by atoms with Crippen LogP contribution < -0.4 is 15.2 Å². The molecule has 1 unspecified atom stereocenters. The molecular weight excluding hydrogens is 306 g/mol. The van der Waals surface area contributed by atoms with Gasteiger partial charge in [-0.25, -0.2) is 0 Å². The molecule has 0 amide bonds. The van der Waals surface area contributed by atoms with E-state index in [-0.39, 0.29) is 6.04 Å². The molecule has 0 bridgehead atoms. The molecule has 1 saturated carbocycles. The zero-order valence-electron chi connectivity index (χ0n) is 11.6. The molecule has 4 heteroatoms. The van der Waals surface area contributed by atoms with Gasteiger partial charge in [0.2, 0.25) is 0 Å². The first kappa shape index (κ1) is 14.7. The minimum absolute atomic E-state index is 0.0530. The van der Waals surface area contributed by atoms with E-state index in [0.29, 0.717) is 0 Å². The number of benzene rings is 1. The van der Waals surface area contributed by atoms with E-state index in [1.54, 1.807) is 14.2 Å². The Hall–Kier alpha value is -0.740. The second-order valence-electron chi connectivity index (χ2n) is 5.22. The van der Waals surface area contributed by atoms with Crippen LogP contribution in [0.25, 0.3) is 0 Å². The van der Waals surface area contributed by atoms with Crippen molar-refractivity contribution in [1.29, 1.82) is 0 Å². The van der Waals surface area contributed by atoms with Crippen LogP contribution in [0.4, 0.5) is 0 Å². The Morgan fingerprint density at radius 1 is 1.21 bits per heavy atom. The average Bonchev–Trinajstić information content (AvgIpc) is 2.90. The molecular formula is C15H22BrNO2. The number of hydrogen-bond donors (Lipinski definition) is 1. The van der Waals surface area contributed by atoms with Gasteiger partial charge < -0.3 is 15.2 Å². The molecule has 0 heterocycles. The Balaban J connectivity index is 2.17. The first-order chi connectivity index (χ1) is 9.15. The van der Waals surface area contributed by atoms with Crippen molar-refractivity contribution < 1.29 is 9.47 Å². The summed E-state index contributed by atoms with van der Waals surface area (Å²) in [5, 5.41) is 0. The fourth-order valence-electron chi connectivity index (χ4n) is 2.89. The summed E-state index contributed by atoms with van der Waals surface area (Å²) < 4.78 is 11.6. The van der Waals surface area contributed by atoms with Crippen LogP contribution in [0.2, 0.25) is 0 Å². The normalized spacial score (nSPS) is 17.5. The summed E-state index contributed by atoms with van der Waals surface area (Å²) in [7, 11) is 3.29. The van der Waals surface area contributed by atoms with Crippen molar-refractivity contribution in [3.8, 4) is 11.5 Å². The molecule has 1 fully saturated rings. The summed E-state index contributed by atoms with van der Waals surface area (Å²) in [4.78, 5) is 0. The number of ether oxygens (including phenoxy) is 2. The van der Waals surface area contributed by atoms with Crippen LogP contribution >= 0.6 is 15.9 Å². The van der Waals surface area contributed by atoms with Gasteiger partial charge in [-0.3, -0.25) is 0 Å². The van der Waals surface area contributed by atoms with Gasteiger partial charge in [0.05, 0.1) is 14.2 Å². The fourth-order valence-corrected chi connectivity index (χ4v) is 3.50. The molecule has 0 spiro atoms. The van der Waals surface area contributed by atoms with Crippen LogP contribution in [-0.2, 0) is 0 Å². The number of halogens is 1. The Kier molecular flexibility index (Phi) is 5.11. The predicted octanol–water partition coefficient (Wildman–Crippen LogP) is 4.05. The van der Waals surface area contributed by atoms with Gasteiger partial charge in [0, 0.05) is 10.5 Å². The molecule has 1 aromatic rings. The SMILES string of the molecule is COc1cc(Br)c(C(N)CC2CCCC2)cc1OC. The monoisotopic (exact) mass is 327 g/mol. The highest BCUT2D eigenvalue weighted by atomic mass is 79.9. The van der Waals surface area contributed by atoms with Crippen LogP contribution in [0.5, 0.6) is 11.5 Å². The molecule has 3 nitrogen and oxygen atoms in total. The Morgan fingerprint density at radius 3 is 2.37 bits per heavy atom. The van der Waals surface area contributed by atoms with E-state index in [4.69, 9.17) is 15.2 Å². The molecule has 0 aromatic heterocycles. The molecule has 2 rings (SSSR count). The standard InChI is InChI=1S/C15H22BrNO2/c1-18-14-8-11(12(16)9-15(14)19-2)13(17)7-10-5-3-4-6-10/h8-10,13H,3-7,17H2,1-2H3. The Labute approximate surface area is 123 Å². The van der Waals surface area contributed by atoms with Gasteiger partial charge in [-0.15, -0.1) is 0 Å². The summed E-state index contributed by atoms with van der Waals surface area (Å²) in [6.45, 7) is 0. The minimum Gasteiger partial charge on any atom is -0.493 e. The summed E-state index contributed by atoms with van der Waals surface area (Å²) >= 11 is 3.59. The molecule has 1 aliphatic rings. The van der Waals surface area contributed by atoms with E-state index in [9.17, 15) is 0 Å². The van der Waals surface area contributed by atoms with Crippen molar-refractivity contribution in [3.63, 3.8) is 0 Å². The van der Waals surface area contributed by atoms with Crippen molar-refractivity contribution in [1.82, 2.24) is 0 Å². The van der Waals surface area contributed by atoms with Gasteiger partial charge in [-0.2, -0.15) is 0 Å². The summed E-state index contributed by atoms with van der Waals surface area (Å²) in [6.07, 6.45) is 6.39. The number of rotatable bonds is 5. The van der Waals surface area contributed by atoms with Gasteiger partial charge >= 0.3 is 0 Å². The number of nitrogens with two attached hydrogens (primary N) is 1. The smallest absolute Gasteiger partial charge is 0.161 e. The van der Waals surface area contributed by atoms with E-state index in [1.807, 2.05) is 12.1 Å². The first-order valence-corrected chi connectivity index (χ1v) is 7.62.